The number of halogens is 3. The third-order valence-electron chi connectivity index (χ3n) is 3.54. The topological polar surface area (TPSA) is 26.0 Å². The lowest BCUT2D eigenvalue weighted by atomic mass is 9.94. The maximum Gasteiger partial charge on any atom is 0.0572 e. The summed E-state index contributed by atoms with van der Waals surface area (Å²) in [6.45, 7) is 0. The van der Waals surface area contributed by atoms with E-state index in [9.17, 15) is 0 Å². The summed E-state index contributed by atoms with van der Waals surface area (Å²) in [5, 5.41) is 3.44. The van der Waals surface area contributed by atoms with E-state index in [-0.39, 0.29) is 6.04 Å². The van der Waals surface area contributed by atoms with Gasteiger partial charge in [0.25, 0.3) is 0 Å². The van der Waals surface area contributed by atoms with Crippen LogP contribution in [0.15, 0.2) is 59.1 Å². The molecule has 1 nitrogen and oxygen atoms in total. The Morgan fingerprint density at radius 2 is 1.52 bits per heavy atom. The molecule has 0 aliphatic carbocycles. The molecule has 2 N–H and O–H groups in total. The molecule has 0 bridgehead atoms. The van der Waals surface area contributed by atoms with Crippen LogP contribution in [0.25, 0.3) is 10.8 Å². The van der Waals surface area contributed by atoms with Gasteiger partial charge in [0.1, 0.15) is 0 Å². The minimum atomic E-state index is -0.298. The lowest BCUT2D eigenvalue weighted by Gasteiger charge is -2.17. The van der Waals surface area contributed by atoms with Crippen molar-refractivity contribution in [3.8, 4) is 0 Å². The molecule has 0 spiro atoms. The summed E-state index contributed by atoms with van der Waals surface area (Å²) in [6, 6.07) is 17.3. The van der Waals surface area contributed by atoms with Crippen LogP contribution in [-0.4, -0.2) is 0 Å². The number of fused-ring (bicyclic) bond motifs is 1. The highest BCUT2D eigenvalue weighted by Gasteiger charge is 2.16. The highest BCUT2D eigenvalue weighted by Crippen LogP contribution is 2.34. The first-order valence-electron chi connectivity index (χ1n) is 6.45. The highest BCUT2D eigenvalue weighted by atomic mass is 79.9. The maximum absolute atomic E-state index is 6.44. The van der Waals surface area contributed by atoms with Crippen molar-refractivity contribution >= 4 is 49.9 Å². The third-order valence-corrected chi connectivity index (χ3v) is 4.79. The molecule has 0 heterocycles. The van der Waals surface area contributed by atoms with Crippen LogP contribution < -0.4 is 5.73 Å². The fourth-order valence-corrected chi connectivity index (χ4v) is 3.48. The summed E-state index contributed by atoms with van der Waals surface area (Å²) in [6.07, 6.45) is 0. The van der Waals surface area contributed by atoms with Crippen LogP contribution in [0.5, 0.6) is 0 Å². The van der Waals surface area contributed by atoms with E-state index in [1.165, 1.54) is 0 Å². The molecule has 1 unspecified atom stereocenters. The normalized spacial score (nSPS) is 12.6. The molecule has 0 fully saturated rings. The van der Waals surface area contributed by atoms with Crippen LogP contribution in [0.2, 0.25) is 10.0 Å². The van der Waals surface area contributed by atoms with E-state index >= 15 is 0 Å². The van der Waals surface area contributed by atoms with Gasteiger partial charge in [-0.1, -0.05) is 75.5 Å². The Bertz CT molecular complexity index is 817. The van der Waals surface area contributed by atoms with Crippen molar-refractivity contribution in [3.63, 3.8) is 0 Å². The quantitative estimate of drug-likeness (QED) is 0.583. The Morgan fingerprint density at radius 1 is 0.857 bits per heavy atom. The predicted octanol–water partition coefficient (Wildman–Crippen LogP) is 5.96. The van der Waals surface area contributed by atoms with Crippen LogP contribution in [0.3, 0.4) is 0 Å². The van der Waals surface area contributed by atoms with Crippen molar-refractivity contribution in [2.45, 2.75) is 6.04 Å². The molecule has 1 atom stereocenters. The van der Waals surface area contributed by atoms with E-state index in [4.69, 9.17) is 28.9 Å². The molecular weight excluding hydrogens is 369 g/mol. The average Bonchev–Trinajstić information content (AvgIpc) is 2.47. The zero-order valence-electron chi connectivity index (χ0n) is 11.0. The molecular formula is C17H12BrCl2N. The first kappa shape index (κ1) is 14.9. The second kappa shape index (κ2) is 5.98. The highest BCUT2D eigenvalue weighted by molar-refractivity contribution is 9.10. The van der Waals surface area contributed by atoms with Crippen LogP contribution >= 0.6 is 39.1 Å². The smallest absolute Gasteiger partial charge is 0.0572 e. The number of hydrogen-bond acceptors (Lipinski definition) is 1. The molecule has 0 aliphatic rings. The lowest BCUT2D eigenvalue weighted by Crippen LogP contribution is -2.13. The molecule has 0 amide bonds. The van der Waals surface area contributed by atoms with Gasteiger partial charge in [-0.25, -0.2) is 0 Å². The van der Waals surface area contributed by atoms with Crippen molar-refractivity contribution in [2.24, 2.45) is 5.73 Å². The third kappa shape index (κ3) is 2.82. The molecule has 21 heavy (non-hydrogen) atoms. The van der Waals surface area contributed by atoms with Gasteiger partial charge in [-0.2, -0.15) is 0 Å². The van der Waals surface area contributed by atoms with Crippen molar-refractivity contribution in [2.75, 3.05) is 0 Å². The number of rotatable bonds is 2. The van der Waals surface area contributed by atoms with E-state index in [0.717, 1.165) is 26.4 Å². The second-order valence-corrected chi connectivity index (χ2v) is 6.52. The number of benzene rings is 3. The molecule has 0 radical (unpaired) electrons. The maximum atomic E-state index is 6.44. The Kier molecular flexibility index (Phi) is 4.23. The SMILES string of the molecule is NC(c1ccc(Cl)cc1Cl)c1ccc(Br)c2ccccc12. The Morgan fingerprint density at radius 3 is 2.24 bits per heavy atom. The molecule has 3 aromatic carbocycles. The van der Waals surface area contributed by atoms with Gasteiger partial charge in [0.2, 0.25) is 0 Å². The van der Waals surface area contributed by atoms with Gasteiger partial charge in [-0.05, 0) is 40.1 Å². The monoisotopic (exact) mass is 379 g/mol. The minimum absolute atomic E-state index is 0.298. The van der Waals surface area contributed by atoms with E-state index in [1.807, 2.05) is 36.4 Å². The number of hydrogen-bond donors (Lipinski definition) is 1. The first-order chi connectivity index (χ1) is 10.1. The zero-order chi connectivity index (χ0) is 15.0. The van der Waals surface area contributed by atoms with Crippen molar-refractivity contribution in [3.05, 3.63) is 80.2 Å². The van der Waals surface area contributed by atoms with Gasteiger partial charge >= 0.3 is 0 Å². The molecule has 3 aromatic rings. The van der Waals surface area contributed by atoms with Gasteiger partial charge in [-0.3, -0.25) is 0 Å². The minimum Gasteiger partial charge on any atom is -0.320 e. The van der Waals surface area contributed by atoms with Gasteiger partial charge in [0.05, 0.1) is 6.04 Å². The zero-order valence-corrected chi connectivity index (χ0v) is 14.1. The largest absolute Gasteiger partial charge is 0.320 e. The fraction of sp³-hybridized carbons (Fsp3) is 0.0588. The molecule has 0 saturated heterocycles. The summed E-state index contributed by atoms with van der Waals surface area (Å²) < 4.78 is 1.05. The Balaban J connectivity index is 2.18. The standard InChI is InChI=1S/C17H12BrCl2N/c18-15-8-7-13(11-3-1-2-4-12(11)15)17(21)14-6-5-10(19)9-16(14)20/h1-9,17H,21H2. The average molecular weight is 381 g/mol. The molecule has 0 saturated carbocycles. The molecule has 4 heteroatoms. The second-order valence-electron chi connectivity index (χ2n) is 4.83. The van der Waals surface area contributed by atoms with Crippen LogP contribution in [-0.2, 0) is 0 Å². The Labute approximate surface area is 141 Å². The van der Waals surface area contributed by atoms with Crippen molar-refractivity contribution in [1.29, 1.82) is 0 Å². The van der Waals surface area contributed by atoms with Crippen LogP contribution in [0.1, 0.15) is 17.2 Å². The van der Waals surface area contributed by atoms with E-state index in [0.29, 0.717) is 10.0 Å². The molecule has 0 aromatic heterocycles. The summed E-state index contributed by atoms with van der Waals surface area (Å²) in [5.74, 6) is 0. The van der Waals surface area contributed by atoms with Gasteiger partial charge in [0.15, 0.2) is 0 Å². The number of nitrogens with two attached hydrogens (primary N) is 1. The van der Waals surface area contributed by atoms with Crippen molar-refractivity contribution in [1.82, 2.24) is 0 Å². The molecule has 0 aliphatic heterocycles. The van der Waals surface area contributed by atoms with Gasteiger partial charge in [-0.15, -0.1) is 0 Å². The Hall–Kier alpha value is -1.06. The van der Waals surface area contributed by atoms with Crippen molar-refractivity contribution < 1.29 is 0 Å². The first-order valence-corrected chi connectivity index (χ1v) is 8.00. The summed E-state index contributed by atoms with van der Waals surface area (Å²) in [7, 11) is 0. The van der Waals surface area contributed by atoms with E-state index in [2.05, 4.69) is 28.1 Å². The predicted molar refractivity (Wildman–Crippen MR) is 94.1 cm³/mol. The fourth-order valence-electron chi connectivity index (χ4n) is 2.48. The van der Waals surface area contributed by atoms with E-state index in [1.54, 1.807) is 6.07 Å². The summed E-state index contributed by atoms with van der Waals surface area (Å²) >= 11 is 15.8. The molecule has 106 valence electrons. The van der Waals surface area contributed by atoms with E-state index < -0.39 is 0 Å². The summed E-state index contributed by atoms with van der Waals surface area (Å²) in [5.41, 5.74) is 8.35. The van der Waals surface area contributed by atoms with Gasteiger partial charge in [0, 0.05) is 14.5 Å². The van der Waals surface area contributed by atoms with Crippen LogP contribution in [0.4, 0.5) is 0 Å². The van der Waals surface area contributed by atoms with Crippen LogP contribution in [0, 0.1) is 0 Å². The van der Waals surface area contributed by atoms with Gasteiger partial charge < -0.3 is 5.73 Å². The summed E-state index contributed by atoms with van der Waals surface area (Å²) in [4.78, 5) is 0. The lowest BCUT2D eigenvalue weighted by molar-refractivity contribution is 0.881. The molecule has 3 rings (SSSR count).